The summed E-state index contributed by atoms with van der Waals surface area (Å²) < 4.78 is 55.4. The van der Waals surface area contributed by atoms with Gasteiger partial charge in [-0.05, 0) is 12.1 Å². The zero-order chi connectivity index (χ0) is 19.4. The number of aromatic nitrogens is 3. The molecule has 2 aromatic heterocycles. The van der Waals surface area contributed by atoms with Crippen LogP contribution < -0.4 is 4.74 Å². The molecule has 0 spiro atoms. The smallest absolute Gasteiger partial charge is 0.272 e. The van der Waals surface area contributed by atoms with Gasteiger partial charge in [0.25, 0.3) is 22.4 Å². The van der Waals surface area contributed by atoms with Crippen LogP contribution in [0.4, 0.5) is 8.78 Å². The molecule has 0 bridgehead atoms. The summed E-state index contributed by atoms with van der Waals surface area (Å²) in [5, 5.41) is 6.05. The third-order valence-corrected chi connectivity index (χ3v) is 5.75. The number of hydrogen-bond acceptors (Lipinski definition) is 6. The van der Waals surface area contributed by atoms with Crippen molar-refractivity contribution in [3.05, 3.63) is 36.2 Å². The largest absolute Gasteiger partial charge is 0.472 e. The molecule has 0 atom stereocenters. The quantitative estimate of drug-likeness (QED) is 0.759. The first-order chi connectivity index (χ1) is 12.9. The summed E-state index contributed by atoms with van der Waals surface area (Å²) in [6.45, 7) is -0.218. The summed E-state index contributed by atoms with van der Waals surface area (Å²) >= 11 is 0. The van der Waals surface area contributed by atoms with Crippen molar-refractivity contribution in [1.82, 2.24) is 24.4 Å². The third kappa shape index (κ3) is 4.39. The van der Waals surface area contributed by atoms with Crippen LogP contribution in [0.1, 0.15) is 10.5 Å². The monoisotopic (exact) mass is 401 g/mol. The second-order valence-electron chi connectivity index (χ2n) is 5.68. The number of hydrogen-bond donors (Lipinski definition) is 1. The number of rotatable bonds is 6. The van der Waals surface area contributed by atoms with E-state index >= 15 is 0 Å². The minimum atomic E-state index is -3.68. The van der Waals surface area contributed by atoms with Gasteiger partial charge in [0.2, 0.25) is 5.88 Å². The van der Waals surface area contributed by atoms with E-state index < -0.39 is 29.0 Å². The fraction of sp³-hybridized carbons (Fsp3) is 0.400. The lowest BCUT2D eigenvalue weighted by molar-refractivity contribution is 0.0685. The van der Waals surface area contributed by atoms with Gasteiger partial charge in [-0.3, -0.25) is 9.89 Å². The molecule has 0 aliphatic carbocycles. The molecule has 12 heteroatoms. The van der Waals surface area contributed by atoms with E-state index in [1.54, 1.807) is 0 Å². The Morgan fingerprint density at radius 2 is 1.96 bits per heavy atom. The Hall–Kier alpha value is -2.60. The number of nitrogens with zero attached hydrogens (tertiary/aromatic N) is 4. The van der Waals surface area contributed by atoms with E-state index in [2.05, 4.69) is 15.2 Å². The van der Waals surface area contributed by atoms with Crippen molar-refractivity contribution in [3.8, 4) is 5.88 Å². The molecule has 9 nitrogen and oxygen atoms in total. The number of amides is 1. The Labute approximate surface area is 154 Å². The van der Waals surface area contributed by atoms with E-state index in [0.717, 1.165) is 0 Å². The van der Waals surface area contributed by atoms with Crippen molar-refractivity contribution in [1.29, 1.82) is 0 Å². The van der Waals surface area contributed by atoms with Crippen LogP contribution in [0.3, 0.4) is 0 Å². The van der Waals surface area contributed by atoms with Crippen LogP contribution in [-0.4, -0.2) is 77.9 Å². The summed E-state index contributed by atoms with van der Waals surface area (Å²) in [6.07, 6.45) is -1.29. The SMILES string of the molecule is O=C(c1cccc(OCC(F)F)n1)N1CCN(S(=O)(=O)c2ccn[nH]2)CC1. The number of H-pyrrole nitrogens is 1. The minimum absolute atomic E-state index is 0.00665. The number of halogens is 2. The fourth-order valence-electron chi connectivity index (χ4n) is 2.58. The maximum absolute atomic E-state index is 12.6. The maximum Gasteiger partial charge on any atom is 0.272 e. The number of alkyl halides is 2. The molecule has 2 aromatic rings. The number of aromatic amines is 1. The molecule has 0 aromatic carbocycles. The van der Waals surface area contributed by atoms with Crippen molar-refractivity contribution < 1.29 is 26.7 Å². The molecule has 1 saturated heterocycles. The molecule has 1 fully saturated rings. The molecule has 0 unspecified atom stereocenters. The number of carbonyl (C=O) groups excluding carboxylic acids is 1. The minimum Gasteiger partial charge on any atom is -0.472 e. The van der Waals surface area contributed by atoms with Crippen LogP contribution in [0.5, 0.6) is 5.88 Å². The Bertz CT molecular complexity index is 883. The van der Waals surface area contributed by atoms with Gasteiger partial charge in [0.1, 0.15) is 5.69 Å². The highest BCUT2D eigenvalue weighted by atomic mass is 32.2. The normalized spacial score (nSPS) is 15.9. The van der Waals surface area contributed by atoms with Gasteiger partial charge in [0.15, 0.2) is 11.6 Å². The zero-order valence-corrected chi connectivity index (χ0v) is 14.9. The number of nitrogens with one attached hydrogen (secondary N) is 1. The molecule has 27 heavy (non-hydrogen) atoms. The topological polar surface area (TPSA) is 108 Å². The Morgan fingerprint density at radius 3 is 2.59 bits per heavy atom. The van der Waals surface area contributed by atoms with Crippen molar-refractivity contribution in [2.24, 2.45) is 0 Å². The van der Waals surface area contributed by atoms with Crippen LogP contribution in [0.2, 0.25) is 0 Å². The summed E-state index contributed by atoms with van der Waals surface area (Å²) in [7, 11) is -3.68. The Morgan fingerprint density at radius 1 is 1.22 bits per heavy atom. The number of carbonyl (C=O) groups is 1. The molecular weight excluding hydrogens is 384 g/mol. The van der Waals surface area contributed by atoms with E-state index in [1.807, 2.05) is 0 Å². The molecule has 3 rings (SSSR count). The van der Waals surface area contributed by atoms with Gasteiger partial charge in [0, 0.05) is 32.2 Å². The molecule has 0 radical (unpaired) electrons. The van der Waals surface area contributed by atoms with Crippen molar-refractivity contribution in [2.75, 3.05) is 32.8 Å². The molecule has 1 aliphatic heterocycles. The first-order valence-corrected chi connectivity index (χ1v) is 9.49. The summed E-state index contributed by atoms with van der Waals surface area (Å²) in [5.41, 5.74) is 0.0478. The van der Waals surface area contributed by atoms with Gasteiger partial charge in [-0.2, -0.15) is 9.40 Å². The number of ether oxygens (including phenoxy) is 1. The van der Waals surface area contributed by atoms with E-state index in [9.17, 15) is 22.0 Å². The number of sulfonamides is 1. The van der Waals surface area contributed by atoms with Crippen molar-refractivity contribution in [2.45, 2.75) is 11.5 Å². The van der Waals surface area contributed by atoms with Gasteiger partial charge in [-0.25, -0.2) is 22.2 Å². The van der Waals surface area contributed by atoms with Crippen LogP contribution >= 0.6 is 0 Å². The van der Waals surface area contributed by atoms with E-state index in [0.29, 0.717) is 0 Å². The molecule has 146 valence electrons. The lowest BCUT2D eigenvalue weighted by Crippen LogP contribution is -2.50. The third-order valence-electron chi connectivity index (χ3n) is 3.92. The van der Waals surface area contributed by atoms with Crippen molar-refractivity contribution >= 4 is 15.9 Å². The van der Waals surface area contributed by atoms with Crippen LogP contribution in [-0.2, 0) is 10.0 Å². The zero-order valence-electron chi connectivity index (χ0n) is 14.1. The summed E-state index contributed by atoms with van der Waals surface area (Å²) in [4.78, 5) is 17.9. The Kier molecular flexibility index (Phi) is 5.65. The number of piperazine rings is 1. The summed E-state index contributed by atoms with van der Waals surface area (Å²) in [5.74, 6) is -0.488. The predicted molar refractivity (Wildman–Crippen MR) is 89.0 cm³/mol. The van der Waals surface area contributed by atoms with Gasteiger partial charge < -0.3 is 9.64 Å². The molecule has 3 heterocycles. The average Bonchev–Trinajstić information content (AvgIpc) is 3.22. The van der Waals surface area contributed by atoms with Gasteiger partial charge in [-0.15, -0.1) is 0 Å². The van der Waals surface area contributed by atoms with E-state index in [4.69, 9.17) is 4.74 Å². The van der Waals surface area contributed by atoms with E-state index in [-0.39, 0.29) is 42.8 Å². The van der Waals surface area contributed by atoms with Gasteiger partial charge >= 0.3 is 0 Å². The van der Waals surface area contributed by atoms with Crippen molar-refractivity contribution in [3.63, 3.8) is 0 Å². The second-order valence-corrected chi connectivity index (χ2v) is 7.59. The molecule has 1 amide bonds. The highest BCUT2D eigenvalue weighted by molar-refractivity contribution is 7.89. The van der Waals surface area contributed by atoms with E-state index in [1.165, 1.54) is 39.7 Å². The second kappa shape index (κ2) is 7.96. The standard InChI is InChI=1S/C15H17F2N5O4S/c16-12(17)10-26-13-3-1-2-11(19-13)15(23)21-6-8-22(9-7-21)27(24,25)14-4-5-18-20-14/h1-5,12H,6-10H2,(H,18,20). The van der Waals surface area contributed by atoms with Crippen LogP contribution in [0.25, 0.3) is 0 Å². The lowest BCUT2D eigenvalue weighted by atomic mass is 10.3. The molecule has 1 N–H and O–H groups in total. The first-order valence-electron chi connectivity index (χ1n) is 8.05. The Balaban J connectivity index is 1.63. The van der Waals surface area contributed by atoms with Crippen LogP contribution in [0, 0.1) is 0 Å². The van der Waals surface area contributed by atoms with Crippen LogP contribution in [0.15, 0.2) is 35.5 Å². The highest BCUT2D eigenvalue weighted by Gasteiger charge is 2.31. The lowest BCUT2D eigenvalue weighted by Gasteiger charge is -2.33. The molecule has 1 aliphatic rings. The average molecular weight is 401 g/mol. The highest BCUT2D eigenvalue weighted by Crippen LogP contribution is 2.17. The molecule has 0 saturated carbocycles. The van der Waals surface area contributed by atoms with Gasteiger partial charge in [-0.1, -0.05) is 6.07 Å². The van der Waals surface area contributed by atoms with Gasteiger partial charge in [0.05, 0.1) is 6.20 Å². The fourth-order valence-corrected chi connectivity index (χ4v) is 3.91. The number of pyridine rings is 1. The summed E-state index contributed by atoms with van der Waals surface area (Å²) in [6, 6.07) is 5.68. The predicted octanol–water partition coefficient (Wildman–Crippen LogP) is 0.595. The first kappa shape index (κ1) is 19.2. The molecular formula is C15H17F2N5O4S. The maximum atomic E-state index is 12.6.